The van der Waals surface area contributed by atoms with E-state index in [1.165, 1.54) is 0 Å². The van der Waals surface area contributed by atoms with Gasteiger partial charge in [0.2, 0.25) is 0 Å². The minimum absolute atomic E-state index is 0.0257. The predicted molar refractivity (Wildman–Crippen MR) is 88.5 cm³/mol. The number of nitrogens with one attached hydrogen (secondary N) is 1. The van der Waals surface area contributed by atoms with Crippen LogP contribution in [-0.2, 0) is 9.47 Å². The molecule has 130 valence electrons. The summed E-state index contributed by atoms with van der Waals surface area (Å²) in [7, 11) is 0. The van der Waals surface area contributed by atoms with Gasteiger partial charge in [-0.25, -0.2) is 9.59 Å². The fourth-order valence-electron chi connectivity index (χ4n) is 3.31. The molecular formula is C18H24N2O4. The van der Waals surface area contributed by atoms with E-state index in [0.717, 1.165) is 5.56 Å². The first-order chi connectivity index (χ1) is 11.5. The Kier molecular flexibility index (Phi) is 4.64. The molecule has 2 amide bonds. The molecule has 0 bridgehead atoms. The number of rotatable bonds is 3. The van der Waals surface area contributed by atoms with E-state index >= 15 is 0 Å². The first kappa shape index (κ1) is 16.6. The Balaban J connectivity index is 1.60. The van der Waals surface area contributed by atoms with Crippen LogP contribution in [-0.4, -0.2) is 42.4 Å². The SMILES string of the molecule is CC(C)C(NC(=O)N1CCC2(CC1)COC(=O)O2)c1ccccc1. The topological polar surface area (TPSA) is 67.9 Å². The highest BCUT2D eigenvalue weighted by Crippen LogP contribution is 2.32. The van der Waals surface area contributed by atoms with Crippen LogP contribution in [0, 0.1) is 5.92 Å². The monoisotopic (exact) mass is 332 g/mol. The van der Waals surface area contributed by atoms with Crippen LogP contribution in [0.1, 0.15) is 38.3 Å². The average Bonchev–Trinajstić information content (AvgIpc) is 2.94. The van der Waals surface area contributed by atoms with Gasteiger partial charge in [0.05, 0.1) is 6.04 Å². The van der Waals surface area contributed by atoms with E-state index < -0.39 is 11.8 Å². The van der Waals surface area contributed by atoms with E-state index in [4.69, 9.17) is 9.47 Å². The fourth-order valence-corrected chi connectivity index (χ4v) is 3.31. The molecule has 2 aliphatic rings. The second kappa shape index (κ2) is 6.71. The van der Waals surface area contributed by atoms with E-state index in [9.17, 15) is 9.59 Å². The Hall–Kier alpha value is -2.24. The molecule has 0 aromatic heterocycles. The molecule has 2 fully saturated rings. The lowest BCUT2D eigenvalue weighted by Crippen LogP contribution is -2.51. The molecule has 0 saturated carbocycles. The molecule has 1 spiro atoms. The molecule has 24 heavy (non-hydrogen) atoms. The number of likely N-dealkylation sites (tertiary alicyclic amines) is 1. The number of amides is 2. The van der Waals surface area contributed by atoms with Gasteiger partial charge >= 0.3 is 12.2 Å². The number of nitrogens with zero attached hydrogens (tertiary/aromatic N) is 1. The van der Waals surface area contributed by atoms with Gasteiger partial charge in [0.15, 0.2) is 5.60 Å². The summed E-state index contributed by atoms with van der Waals surface area (Å²) in [5.41, 5.74) is 0.567. The van der Waals surface area contributed by atoms with Crippen molar-refractivity contribution in [3.63, 3.8) is 0 Å². The van der Waals surface area contributed by atoms with Gasteiger partial charge in [-0.3, -0.25) is 0 Å². The predicted octanol–water partition coefficient (Wildman–Crippen LogP) is 3.09. The summed E-state index contributed by atoms with van der Waals surface area (Å²) < 4.78 is 10.2. The summed E-state index contributed by atoms with van der Waals surface area (Å²) in [4.78, 5) is 25.6. The van der Waals surface area contributed by atoms with Crippen LogP contribution in [0.3, 0.4) is 0 Å². The first-order valence-electron chi connectivity index (χ1n) is 8.45. The molecule has 6 nitrogen and oxygen atoms in total. The van der Waals surface area contributed by atoms with Gasteiger partial charge in [0.1, 0.15) is 6.61 Å². The summed E-state index contributed by atoms with van der Waals surface area (Å²) in [6, 6.07) is 9.90. The van der Waals surface area contributed by atoms with Crippen molar-refractivity contribution in [3.05, 3.63) is 35.9 Å². The van der Waals surface area contributed by atoms with Crippen LogP contribution in [0.15, 0.2) is 30.3 Å². The summed E-state index contributed by atoms with van der Waals surface area (Å²) in [5.74, 6) is 0.289. The number of piperidine rings is 1. The maximum absolute atomic E-state index is 12.6. The van der Waals surface area contributed by atoms with Gasteiger partial charge in [0.25, 0.3) is 0 Å². The van der Waals surface area contributed by atoms with Crippen molar-refractivity contribution in [1.29, 1.82) is 0 Å². The van der Waals surface area contributed by atoms with Gasteiger partial charge in [-0.1, -0.05) is 44.2 Å². The molecule has 6 heteroatoms. The average molecular weight is 332 g/mol. The zero-order valence-corrected chi connectivity index (χ0v) is 14.2. The maximum atomic E-state index is 12.6. The van der Waals surface area contributed by atoms with Crippen LogP contribution in [0.25, 0.3) is 0 Å². The van der Waals surface area contributed by atoms with Crippen LogP contribution in [0.2, 0.25) is 0 Å². The third-order valence-corrected chi connectivity index (χ3v) is 4.82. The van der Waals surface area contributed by atoms with Gasteiger partial charge < -0.3 is 19.7 Å². The van der Waals surface area contributed by atoms with Crippen molar-refractivity contribution in [2.45, 2.75) is 38.3 Å². The third kappa shape index (κ3) is 3.47. The molecule has 1 atom stereocenters. The Morgan fingerprint density at radius 1 is 1.21 bits per heavy atom. The molecule has 0 radical (unpaired) electrons. The van der Waals surface area contributed by atoms with E-state index in [1.807, 2.05) is 30.3 Å². The Bertz CT molecular complexity index is 594. The zero-order chi connectivity index (χ0) is 17.2. The van der Waals surface area contributed by atoms with Gasteiger partial charge in [0, 0.05) is 25.9 Å². The largest absolute Gasteiger partial charge is 0.509 e. The normalized spacial score (nSPS) is 20.6. The zero-order valence-electron chi connectivity index (χ0n) is 14.2. The molecule has 3 rings (SSSR count). The molecule has 2 saturated heterocycles. The number of hydrogen-bond acceptors (Lipinski definition) is 4. The van der Waals surface area contributed by atoms with E-state index in [2.05, 4.69) is 19.2 Å². The van der Waals surface area contributed by atoms with Gasteiger partial charge in [-0.2, -0.15) is 0 Å². The molecule has 1 N–H and O–H groups in total. The van der Waals surface area contributed by atoms with Gasteiger partial charge in [-0.05, 0) is 11.5 Å². The smallest absolute Gasteiger partial charge is 0.430 e. The Morgan fingerprint density at radius 3 is 2.42 bits per heavy atom. The van der Waals surface area contributed by atoms with Crippen LogP contribution >= 0.6 is 0 Å². The highest BCUT2D eigenvalue weighted by atomic mass is 16.8. The summed E-state index contributed by atoms with van der Waals surface area (Å²) in [5, 5.41) is 3.14. The molecule has 1 aromatic rings. The summed E-state index contributed by atoms with van der Waals surface area (Å²) >= 11 is 0. The minimum atomic E-state index is -0.600. The lowest BCUT2D eigenvalue weighted by Gasteiger charge is -2.37. The Morgan fingerprint density at radius 2 is 1.88 bits per heavy atom. The highest BCUT2D eigenvalue weighted by Gasteiger charge is 2.45. The van der Waals surface area contributed by atoms with Crippen molar-refractivity contribution in [3.8, 4) is 0 Å². The van der Waals surface area contributed by atoms with Crippen molar-refractivity contribution in [2.75, 3.05) is 19.7 Å². The summed E-state index contributed by atoms with van der Waals surface area (Å²) in [6.07, 6.45) is 0.630. The molecule has 1 aromatic carbocycles. The van der Waals surface area contributed by atoms with Gasteiger partial charge in [-0.15, -0.1) is 0 Å². The van der Waals surface area contributed by atoms with E-state index in [0.29, 0.717) is 32.5 Å². The second-order valence-electron chi connectivity index (χ2n) is 6.89. The minimum Gasteiger partial charge on any atom is -0.430 e. The fraction of sp³-hybridized carbons (Fsp3) is 0.556. The second-order valence-corrected chi connectivity index (χ2v) is 6.89. The lowest BCUT2D eigenvalue weighted by molar-refractivity contribution is 0.00897. The van der Waals surface area contributed by atoms with Crippen molar-refractivity contribution in [2.24, 2.45) is 5.92 Å². The molecule has 2 heterocycles. The first-order valence-corrected chi connectivity index (χ1v) is 8.45. The van der Waals surface area contributed by atoms with Crippen LogP contribution < -0.4 is 5.32 Å². The standard InChI is InChI=1S/C18H24N2O4/c1-13(2)15(14-6-4-3-5-7-14)19-16(21)20-10-8-18(9-11-20)12-23-17(22)24-18/h3-7,13,15H,8-12H2,1-2H3,(H,19,21). The number of carbonyl (C=O) groups is 2. The molecule has 1 unspecified atom stereocenters. The molecule has 0 aliphatic carbocycles. The van der Waals surface area contributed by atoms with E-state index in [-0.39, 0.29) is 18.0 Å². The maximum Gasteiger partial charge on any atom is 0.509 e. The number of urea groups is 1. The van der Waals surface area contributed by atoms with Crippen molar-refractivity contribution >= 4 is 12.2 Å². The third-order valence-electron chi connectivity index (χ3n) is 4.82. The number of cyclic esters (lactones) is 1. The highest BCUT2D eigenvalue weighted by molar-refractivity contribution is 5.75. The van der Waals surface area contributed by atoms with Crippen molar-refractivity contribution in [1.82, 2.24) is 10.2 Å². The van der Waals surface area contributed by atoms with Crippen LogP contribution in [0.4, 0.5) is 9.59 Å². The lowest BCUT2D eigenvalue weighted by atomic mass is 9.92. The molecular weight excluding hydrogens is 308 g/mol. The number of hydrogen-bond donors (Lipinski definition) is 1. The Labute approximate surface area is 142 Å². The number of ether oxygens (including phenoxy) is 2. The molecule has 2 aliphatic heterocycles. The van der Waals surface area contributed by atoms with Crippen molar-refractivity contribution < 1.29 is 19.1 Å². The van der Waals surface area contributed by atoms with E-state index in [1.54, 1.807) is 4.90 Å². The number of benzene rings is 1. The number of carbonyl (C=O) groups excluding carboxylic acids is 2. The summed E-state index contributed by atoms with van der Waals surface area (Å²) in [6.45, 7) is 5.60. The quantitative estimate of drug-likeness (QED) is 0.864. The van der Waals surface area contributed by atoms with Crippen LogP contribution in [0.5, 0.6) is 0 Å².